The van der Waals surface area contributed by atoms with E-state index >= 15 is 0 Å². The summed E-state index contributed by atoms with van der Waals surface area (Å²) in [5.41, 5.74) is 6.64. The summed E-state index contributed by atoms with van der Waals surface area (Å²) < 4.78 is 5.82. The molecule has 0 saturated carbocycles. The average molecular weight is 354 g/mol. The van der Waals surface area contributed by atoms with Gasteiger partial charge in [0.15, 0.2) is 6.61 Å². The number of aryl methyl sites for hydroxylation is 2. The van der Waals surface area contributed by atoms with Gasteiger partial charge in [-0.15, -0.1) is 0 Å². The Morgan fingerprint density at radius 1 is 1.00 bits per heavy atom. The van der Waals surface area contributed by atoms with Crippen LogP contribution in [0.2, 0.25) is 0 Å². The molecule has 2 aromatic rings. The summed E-state index contributed by atoms with van der Waals surface area (Å²) in [6.07, 6.45) is 0. The van der Waals surface area contributed by atoms with Crippen molar-refractivity contribution in [1.82, 2.24) is 0 Å². The molecule has 0 atom stereocenters. The first-order valence-corrected chi connectivity index (χ1v) is 9.34. The maximum atomic E-state index is 12.6. The number of benzene rings is 2. The molecule has 2 aromatic carbocycles. The van der Waals surface area contributed by atoms with E-state index in [4.69, 9.17) is 4.74 Å². The Balaban J connectivity index is 2.18. The molecule has 1 amide bonds. The molecule has 2 rings (SSSR count). The van der Waals surface area contributed by atoms with Crippen LogP contribution in [0.4, 0.5) is 5.69 Å². The lowest BCUT2D eigenvalue weighted by Crippen LogP contribution is -2.22. The van der Waals surface area contributed by atoms with Crippen molar-refractivity contribution in [2.24, 2.45) is 0 Å². The molecule has 0 radical (unpaired) electrons. The van der Waals surface area contributed by atoms with Crippen LogP contribution < -0.4 is 10.1 Å². The number of anilines is 1. The summed E-state index contributed by atoms with van der Waals surface area (Å²) in [5, 5.41) is 3.10. The normalized spacial score (nSPS) is 11.1. The molecule has 0 heterocycles. The molecule has 26 heavy (non-hydrogen) atoms. The van der Waals surface area contributed by atoms with Crippen LogP contribution in [0.5, 0.6) is 5.75 Å². The molecule has 0 aliphatic heterocycles. The Bertz CT molecular complexity index is 765. The predicted octanol–water partition coefficient (Wildman–Crippen LogP) is 5.88. The number of carbonyl (C=O) groups excluding carboxylic acids is 1. The molecular weight excluding hydrogens is 322 g/mol. The Labute approximate surface area is 157 Å². The molecule has 1 N–H and O–H groups in total. The number of carbonyl (C=O) groups is 1. The fourth-order valence-electron chi connectivity index (χ4n) is 3.16. The fraction of sp³-hybridized carbons (Fsp3) is 0.435. The standard InChI is InChI=1S/C23H31NO2/c1-14(2)19-9-8-10-20(15(3)4)23(19)24-22(25)13-26-21-12-16(5)11-17(6)18(21)7/h8-12,14-15H,13H2,1-7H3,(H,24,25). The van der Waals surface area contributed by atoms with E-state index in [-0.39, 0.29) is 12.5 Å². The molecule has 3 nitrogen and oxygen atoms in total. The van der Waals surface area contributed by atoms with Gasteiger partial charge in [0.1, 0.15) is 5.75 Å². The van der Waals surface area contributed by atoms with Crippen molar-refractivity contribution < 1.29 is 9.53 Å². The minimum Gasteiger partial charge on any atom is -0.483 e. The van der Waals surface area contributed by atoms with Gasteiger partial charge in [0, 0.05) is 5.69 Å². The largest absolute Gasteiger partial charge is 0.483 e. The van der Waals surface area contributed by atoms with Crippen LogP contribution in [-0.4, -0.2) is 12.5 Å². The van der Waals surface area contributed by atoms with Crippen molar-refractivity contribution in [2.75, 3.05) is 11.9 Å². The Morgan fingerprint density at radius 3 is 2.12 bits per heavy atom. The first-order valence-electron chi connectivity index (χ1n) is 9.34. The fourth-order valence-corrected chi connectivity index (χ4v) is 3.16. The Kier molecular flexibility index (Phi) is 6.47. The van der Waals surface area contributed by atoms with Crippen LogP contribution in [0.25, 0.3) is 0 Å². The lowest BCUT2D eigenvalue weighted by atomic mass is 9.92. The summed E-state index contributed by atoms with van der Waals surface area (Å²) >= 11 is 0. The first kappa shape index (κ1) is 20.0. The molecule has 0 aliphatic rings. The third kappa shape index (κ3) is 4.66. The summed E-state index contributed by atoms with van der Waals surface area (Å²) in [5.74, 6) is 1.33. The van der Waals surface area contributed by atoms with Crippen LogP contribution in [0.1, 0.15) is 67.3 Å². The van der Waals surface area contributed by atoms with E-state index < -0.39 is 0 Å². The van der Waals surface area contributed by atoms with Crippen LogP contribution in [0, 0.1) is 20.8 Å². The summed E-state index contributed by atoms with van der Waals surface area (Å²) in [6.45, 7) is 14.7. The third-order valence-corrected chi connectivity index (χ3v) is 4.76. The van der Waals surface area contributed by atoms with Gasteiger partial charge in [-0.1, -0.05) is 52.0 Å². The van der Waals surface area contributed by atoms with E-state index in [2.05, 4.69) is 64.2 Å². The van der Waals surface area contributed by atoms with Gasteiger partial charge in [-0.05, 0) is 66.5 Å². The smallest absolute Gasteiger partial charge is 0.262 e. The molecule has 0 unspecified atom stereocenters. The molecule has 0 bridgehead atoms. The van der Waals surface area contributed by atoms with Gasteiger partial charge in [-0.25, -0.2) is 0 Å². The van der Waals surface area contributed by atoms with Crippen LogP contribution in [0.15, 0.2) is 30.3 Å². The molecule has 0 spiro atoms. The molecular formula is C23H31NO2. The zero-order valence-electron chi connectivity index (χ0n) is 17.1. The molecule has 0 saturated heterocycles. The second-order valence-corrected chi connectivity index (χ2v) is 7.66. The van der Waals surface area contributed by atoms with E-state index in [9.17, 15) is 4.79 Å². The van der Waals surface area contributed by atoms with E-state index in [1.165, 1.54) is 5.56 Å². The first-order chi connectivity index (χ1) is 12.2. The van der Waals surface area contributed by atoms with Gasteiger partial charge in [0.05, 0.1) is 0 Å². The van der Waals surface area contributed by atoms with Gasteiger partial charge in [0.2, 0.25) is 0 Å². The maximum Gasteiger partial charge on any atom is 0.262 e. The van der Waals surface area contributed by atoms with Crippen molar-refractivity contribution in [1.29, 1.82) is 0 Å². The molecule has 140 valence electrons. The number of hydrogen-bond acceptors (Lipinski definition) is 2. The zero-order chi connectivity index (χ0) is 19.4. The van der Waals surface area contributed by atoms with Gasteiger partial charge in [0.25, 0.3) is 5.91 Å². The lowest BCUT2D eigenvalue weighted by Gasteiger charge is -2.20. The van der Waals surface area contributed by atoms with E-state index in [0.29, 0.717) is 11.8 Å². The van der Waals surface area contributed by atoms with Crippen LogP contribution in [-0.2, 0) is 4.79 Å². The Morgan fingerprint density at radius 2 is 1.58 bits per heavy atom. The van der Waals surface area contributed by atoms with Crippen molar-refractivity contribution in [3.63, 3.8) is 0 Å². The zero-order valence-corrected chi connectivity index (χ0v) is 17.1. The number of rotatable bonds is 6. The molecule has 0 fully saturated rings. The number of hydrogen-bond donors (Lipinski definition) is 1. The van der Waals surface area contributed by atoms with E-state index in [1.54, 1.807) is 0 Å². The summed E-state index contributed by atoms with van der Waals surface area (Å²) in [6, 6.07) is 10.3. The van der Waals surface area contributed by atoms with Gasteiger partial charge in [-0.3, -0.25) is 4.79 Å². The van der Waals surface area contributed by atoms with Gasteiger partial charge in [-0.2, -0.15) is 0 Å². The second kappa shape index (κ2) is 8.39. The summed E-state index contributed by atoms with van der Waals surface area (Å²) in [4.78, 5) is 12.6. The number of nitrogens with one attached hydrogen (secondary N) is 1. The predicted molar refractivity (Wildman–Crippen MR) is 109 cm³/mol. The van der Waals surface area contributed by atoms with Crippen LogP contribution >= 0.6 is 0 Å². The van der Waals surface area contributed by atoms with E-state index in [0.717, 1.165) is 33.7 Å². The van der Waals surface area contributed by atoms with Crippen molar-refractivity contribution >= 4 is 11.6 Å². The lowest BCUT2D eigenvalue weighted by molar-refractivity contribution is -0.118. The monoisotopic (exact) mass is 353 g/mol. The summed E-state index contributed by atoms with van der Waals surface area (Å²) in [7, 11) is 0. The molecule has 3 heteroatoms. The topological polar surface area (TPSA) is 38.3 Å². The average Bonchev–Trinajstić information content (AvgIpc) is 2.56. The van der Waals surface area contributed by atoms with E-state index in [1.807, 2.05) is 19.9 Å². The van der Waals surface area contributed by atoms with Crippen molar-refractivity contribution in [2.45, 2.75) is 60.3 Å². The maximum absolute atomic E-state index is 12.6. The SMILES string of the molecule is Cc1cc(C)c(C)c(OCC(=O)Nc2c(C(C)C)cccc2C(C)C)c1. The third-order valence-electron chi connectivity index (χ3n) is 4.76. The number of amides is 1. The van der Waals surface area contributed by atoms with Crippen LogP contribution in [0.3, 0.4) is 0 Å². The molecule has 0 aliphatic carbocycles. The highest BCUT2D eigenvalue weighted by molar-refractivity contribution is 5.93. The minimum atomic E-state index is -0.126. The van der Waals surface area contributed by atoms with Gasteiger partial charge < -0.3 is 10.1 Å². The number of para-hydroxylation sites is 1. The van der Waals surface area contributed by atoms with Crippen molar-refractivity contribution in [3.8, 4) is 5.75 Å². The number of ether oxygens (including phenoxy) is 1. The highest BCUT2D eigenvalue weighted by Gasteiger charge is 2.16. The highest BCUT2D eigenvalue weighted by Crippen LogP contribution is 2.32. The molecule has 0 aromatic heterocycles. The highest BCUT2D eigenvalue weighted by atomic mass is 16.5. The van der Waals surface area contributed by atoms with Crippen molar-refractivity contribution in [3.05, 3.63) is 58.1 Å². The second-order valence-electron chi connectivity index (χ2n) is 7.66. The Hall–Kier alpha value is -2.29. The quantitative estimate of drug-likeness (QED) is 0.704. The minimum absolute atomic E-state index is 0.00764. The van der Waals surface area contributed by atoms with Gasteiger partial charge >= 0.3 is 0 Å².